The molecular weight excluding hydrogens is 491 g/mol. The molecule has 0 radical (unpaired) electrons. The van der Waals surface area contributed by atoms with E-state index in [2.05, 4.69) is 31.7 Å². The average molecular weight is 530 g/mol. The van der Waals surface area contributed by atoms with Crippen LogP contribution in [0.15, 0.2) is 30.3 Å². The van der Waals surface area contributed by atoms with Crippen molar-refractivity contribution in [1.82, 2.24) is 4.90 Å². The average Bonchev–Trinajstić information content (AvgIpc) is 3.42. The molecule has 8 heteroatoms. The van der Waals surface area contributed by atoms with Gasteiger partial charge in [0, 0.05) is 31.2 Å². The van der Waals surface area contributed by atoms with Crippen LogP contribution in [0, 0.1) is 25.2 Å². The molecule has 1 unspecified atom stereocenters. The first-order valence-electron chi connectivity index (χ1n) is 13.6. The number of piperidine rings is 1. The Morgan fingerprint density at radius 1 is 1.05 bits per heavy atom. The number of ether oxygens (including phenoxy) is 1. The lowest BCUT2D eigenvalue weighted by atomic mass is 9.88. The van der Waals surface area contributed by atoms with Crippen LogP contribution in [-0.4, -0.2) is 48.4 Å². The van der Waals surface area contributed by atoms with E-state index in [1.807, 2.05) is 11.0 Å². The van der Waals surface area contributed by atoms with Crippen molar-refractivity contribution in [3.05, 3.63) is 58.1 Å². The van der Waals surface area contributed by atoms with Crippen molar-refractivity contribution in [3.8, 4) is 11.8 Å². The molecular formula is C30H38F3N3O2. The molecule has 1 atom stereocenters. The van der Waals surface area contributed by atoms with Crippen molar-refractivity contribution in [2.45, 2.75) is 77.1 Å². The number of nitriles is 1. The van der Waals surface area contributed by atoms with Gasteiger partial charge in [0.25, 0.3) is 0 Å². The molecule has 2 aromatic carbocycles. The summed E-state index contributed by atoms with van der Waals surface area (Å²) in [6.07, 6.45) is 0.329. The van der Waals surface area contributed by atoms with Gasteiger partial charge in [-0.05, 0) is 100.0 Å². The monoisotopic (exact) mass is 529 g/mol. The summed E-state index contributed by atoms with van der Waals surface area (Å²) in [5.41, 5.74) is 1.93. The Labute approximate surface area is 223 Å². The highest BCUT2D eigenvalue weighted by molar-refractivity contribution is 5.55. The van der Waals surface area contributed by atoms with Gasteiger partial charge in [-0.15, -0.1) is 0 Å². The maximum Gasteiger partial charge on any atom is 0.417 e. The van der Waals surface area contributed by atoms with Crippen LogP contribution in [0.5, 0.6) is 5.75 Å². The van der Waals surface area contributed by atoms with Gasteiger partial charge in [0.2, 0.25) is 0 Å². The smallest absolute Gasteiger partial charge is 0.417 e. The summed E-state index contributed by atoms with van der Waals surface area (Å²) in [6.45, 7) is 10.0. The quantitative estimate of drug-likeness (QED) is 0.421. The summed E-state index contributed by atoms with van der Waals surface area (Å²) >= 11 is 0. The fraction of sp³-hybridized carbons (Fsp3) is 0.567. The standard InChI is InChI=1S/C30H38F3N3O2/c1-4-27(36-14-5-6-15-36)25-9-10-28(22(3)21(25)2)38-18-13-29(37)11-16-35(17-12-29)24-8-7-23(20-34)26(19-24)30(31,32)33/h7-10,19,27,37H,4-6,11-18H2,1-3H3. The minimum absolute atomic E-state index is 0.370. The van der Waals surface area contributed by atoms with Crippen molar-refractivity contribution in [1.29, 1.82) is 5.26 Å². The molecule has 4 rings (SSSR count). The Kier molecular flexibility index (Phi) is 8.59. The molecule has 206 valence electrons. The van der Waals surface area contributed by atoms with Crippen molar-refractivity contribution in [2.75, 3.05) is 37.7 Å². The molecule has 2 aromatic rings. The van der Waals surface area contributed by atoms with Gasteiger partial charge < -0.3 is 14.7 Å². The van der Waals surface area contributed by atoms with Crippen LogP contribution in [-0.2, 0) is 6.18 Å². The fourth-order valence-corrected chi connectivity index (χ4v) is 5.91. The van der Waals surface area contributed by atoms with E-state index < -0.39 is 17.3 Å². The maximum atomic E-state index is 13.4. The SMILES string of the molecule is CCC(c1ccc(OCCC2(O)CCN(c3ccc(C#N)c(C(F)(F)F)c3)CC2)c(C)c1C)N1CCCC1. The van der Waals surface area contributed by atoms with E-state index in [4.69, 9.17) is 10.00 Å². The van der Waals surface area contributed by atoms with Gasteiger partial charge in [0.15, 0.2) is 0 Å². The molecule has 5 nitrogen and oxygen atoms in total. The number of nitrogens with zero attached hydrogens (tertiary/aromatic N) is 3. The zero-order valence-corrected chi connectivity index (χ0v) is 22.6. The lowest BCUT2D eigenvalue weighted by Crippen LogP contribution is -2.45. The largest absolute Gasteiger partial charge is 0.493 e. The predicted molar refractivity (Wildman–Crippen MR) is 142 cm³/mol. The molecule has 0 bridgehead atoms. The fourth-order valence-electron chi connectivity index (χ4n) is 5.91. The zero-order chi connectivity index (χ0) is 27.5. The Morgan fingerprint density at radius 3 is 2.34 bits per heavy atom. The third-order valence-electron chi connectivity index (χ3n) is 8.42. The molecule has 1 N–H and O–H groups in total. The Morgan fingerprint density at radius 2 is 1.74 bits per heavy atom. The van der Waals surface area contributed by atoms with E-state index in [0.717, 1.165) is 36.9 Å². The van der Waals surface area contributed by atoms with Crippen LogP contribution < -0.4 is 9.64 Å². The highest BCUT2D eigenvalue weighted by Crippen LogP contribution is 2.37. The molecule has 2 aliphatic rings. The van der Waals surface area contributed by atoms with Crippen LogP contribution in [0.3, 0.4) is 0 Å². The third kappa shape index (κ3) is 6.10. The minimum atomic E-state index is -4.59. The van der Waals surface area contributed by atoms with Gasteiger partial charge >= 0.3 is 6.18 Å². The Hall–Kier alpha value is -2.76. The predicted octanol–water partition coefficient (Wildman–Crippen LogP) is 6.54. The first-order chi connectivity index (χ1) is 18.1. The van der Waals surface area contributed by atoms with Crippen LogP contribution in [0.1, 0.15) is 79.3 Å². The second kappa shape index (κ2) is 11.5. The second-order valence-electron chi connectivity index (χ2n) is 10.7. The number of hydrogen-bond acceptors (Lipinski definition) is 5. The number of hydrogen-bond donors (Lipinski definition) is 1. The van der Waals surface area contributed by atoms with Gasteiger partial charge in [-0.3, -0.25) is 4.90 Å². The number of benzene rings is 2. The molecule has 2 aliphatic heterocycles. The highest BCUT2D eigenvalue weighted by atomic mass is 19.4. The molecule has 38 heavy (non-hydrogen) atoms. The molecule has 0 aliphatic carbocycles. The Balaban J connectivity index is 1.34. The molecule has 0 amide bonds. The van der Waals surface area contributed by atoms with E-state index in [1.54, 1.807) is 12.1 Å². The van der Waals surface area contributed by atoms with E-state index >= 15 is 0 Å². The maximum absolute atomic E-state index is 13.4. The summed E-state index contributed by atoms with van der Waals surface area (Å²) in [7, 11) is 0. The first-order valence-corrected chi connectivity index (χ1v) is 13.6. The van der Waals surface area contributed by atoms with Gasteiger partial charge in [0.1, 0.15) is 5.75 Å². The molecule has 0 saturated carbocycles. The minimum Gasteiger partial charge on any atom is -0.493 e. The lowest BCUT2D eigenvalue weighted by molar-refractivity contribution is -0.137. The molecule has 2 heterocycles. The molecule has 0 spiro atoms. The van der Waals surface area contributed by atoms with Crippen molar-refractivity contribution < 1.29 is 23.0 Å². The van der Waals surface area contributed by atoms with Crippen molar-refractivity contribution in [3.63, 3.8) is 0 Å². The molecule has 2 saturated heterocycles. The third-order valence-corrected chi connectivity index (χ3v) is 8.42. The van der Waals surface area contributed by atoms with Gasteiger partial charge in [0.05, 0.1) is 29.4 Å². The zero-order valence-electron chi connectivity index (χ0n) is 22.6. The molecule has 2 fully saturated rings. The number of alkyl halides is 3. The van der Waals surface area contributed by atoms with Crippen LogP contribution in [0.4, 0.5) is 18.9 Å². The van der Waals surface area contributed by atoms with E-state index in [1.165, 1.54) is 30.0 Å². The summed E-state index contributed by atoms with van der Waals surface area (Å²) in [5, 5.41) is 20.2. The lowest BCUT2D eigenvalue weighted by Gasteiger charge is -2.39. The summed E-state index contributed by atoms with van der Waals surface area (Å²) in [5.74, 6) is 0.834. The number of likely N-dealkylation sites (tertiary alicyclic amines) is 1. The van der Waals surface area contributed by atoms with Crippen LogP contribution >= 0.6 is 0 Å². The van der Waals surface area contributed by atoms with E-state index in [9.17, 15) is 18.3 Å². The number of aliphatic hydroxyl groups is 1. The molecule has 0 aromatic heterocycles. The van der Waals surface area contributed by atoms with E-state index in [0.29, 0.717) is 50.7 Å². The normalized spacial score (nSPS) is 18.8. The number of anilines is 1. The van der Waals surface area contributed by atoms with Crippen molar-refractivity contribution in [2.24, 2.45) is 0 Å². The summed E-state index contributed by atoms with van der Waals surface area (Å²) in [6, 6.07) is 10.1. The Bertz CT molecular complexity index is 1160. The topological polar surface area (TPSA) is 59.7 Å². The van der Waals surface area contributed by atoms with E-state index in [-0.39, 0.29) is 5.56 Å². The number of rotatable bonds is 8. The van der Waals surface area contributed by atoms with Gasteiger partial charge in [-0.1, -0.05) is 13.0 Å². The highest BCUT2D eigenvalue weighted by Gasteiger charge is 2.36. The summed E-state index contributed by atoms with van der Waals surface area (Å²) in [4.78, 5) is 4.41. The first kappa shape index (κ1) is 28.3. The second-order valence-corrected chi connectivity index (χ2v) is 10.7. The number of halogens is 3. The van der Waals surface area contributed by atoms with Crippen LogP contribution in [0.2, 0.25) is 0 Å². The van der Waals surface area contributed by atoms with Gasteiger partial charge in [-0.25, -0.2) is 0 Å². The van der Waals surface area contributed by atoms with Crippen molar-refractivity contribution >= 4 is 5.69 Å². The summed E-state index contributed by atoms with van der Waals surface area (Å²) < 4.78 is 46.2. The van der Waals surface area contributed by atoms with Gasteiger partial charge in [-0.2, -0.15) is 18.4 Å². The van der Waals surface area contributed by atoms with Crippen LogP contribution in [0.25, 0.3) is 0 Å².